The van der Waals surface area contributed by atoms with Crippen molar-refractivity contribution in [2.45, 2.75) is 44.2 Å². The molecule has 2 aliphatic heterocycles. The van der Waals surface area contributed by atoms with Gasteiger partial charge >= 0.3 is 0 Å². The molecule has 0 aromatic carbocycles. The van der Waals surface area contributed by atoms with Crippen LogP contribution >= 0.6 is 0 Å². The number of hydrogen-bond donors (Lipinski definition) is 0. The van der Waals surface area contributed by atoms with E-state index in [1.807, 2.05) is 9.58 Å². The molecule has 2 saturated heterocycles. The molecule has 0 aliphatic carbocycles. The molecule has 22 heavy (non-hydrogen) atoms. The zero-order valence-corrected chi connectivity index (χ0v) is 12.9. The minimum Gasteiger partial charge on any atom is -0.378 e. The number of piperidine rings is 1. The summed E-state index contributed by atoms with van der Waals surface area (Å²) in [6.45, 7) is 3.46. The van der Waals surface area contributed by atoms with Crippen LogP contribution in [0.5, 0.6) is 0 Å². The van der Waals surface area contributed by atoms with Gasteiger partial charge in [-0.15, -0.1) is 0 Å². The van der Waals surface area contributed by atoms with E-state index < -0.39 is 0 Å². The second-order valence-corrected chi connectivity index (χ2v) is 5.97. The van der Waals surface area contributed by atoms with E-state index in [4.69, 9.17) is 9.47 Å². The third-order valence-corrected chi connectivity index (χ3v) is 4.35. The Bertz CT molecular complexity index is 459. The maximum Gasteiger partial charge on any atom is 0.224 e. The Morgan fingerprint density at radius 3 is 3.09 bits per heavy atom. The second kappa shape index (κ2) is 7.69. The van der Waals surface area contributed by atoms with Crippen LogP contribution in [0.15, 0.2) is 12.7 Å². The normalized spacial score (nSPS) is 25.5. The summed E-state index contributed by atoms with van der Waals surface area (Å²) < 4.78 is 12.9. The third-order valence-electron chi connectivity index (χ3n) is 4.35. The lowest BCUT2D eigenvalue weighted by molar-refractivity contribution is -0.134. The third kappa shape index (κ3) is 4.04. The molecule has 0 saturated carbocycles. The first-order valence-electron chi connectivity index (χ1n) is 8.14. The minimum absolute atomic E-state index is 0.164. The number of amides is 1. The van der Waals surface area contributed by atoms with Crippen LogP contribution in [-0.4, -0.2) is 64.6 Å². The number of ether oxygens (including phenoxy) is 2. The van der Waals surface area contributed by atoms with Gasteiger partial charge in [0.15, 0.2) is 0 Å². The molecular weight excluding hydrogens is 284 g/mol. The van der Waals surface area contributed by atoms with Crippen molar-refractivity contribution in [3.63, 3.8) is 0 Å². The number of aromatic nitrogens is 3. The summed E-state index contributed by atoms with van der Waals surface area (Å²) in [5, 5.41) is 4.18. The molecular formula is C15H24N4O3. The van der Waals surface area contributed by atoms with Gasteiger partial charge in [-0.1, -0.05) is 0 Å². The summed E-state index contributed by atoms with van der Waals surface area (Å²) in [6.07, 6.45) is 8.17. The van der Waals surface area contributed by atoms with Gasteiger partial charge in [-0.2, -0.15) is 5.10 Å². The number of likely N-dealkylation sites (tertiary alicyclic amines) is 1. The molecule has 1 aromatic heterocycles. The van der Waals surface area contributed by atoms with Crippen molar-refractivity contribution in [2.24, 2.45) is 0 Å². The van der Waals surface area contributed by atoms with Gasteiger partial charge in [0.25, 0.3) is 0 Å². The zero-order chi connectivity index (χ0) is 15.2. The first-order chi connectivity index (χ1) is 10.8. The van der Waals surface area contributed by atoms with E-state index in [1.54, 1.807) is 12.7 Å². The second-order valence-electron chi connectivity index (χ2n) is 5.97. The van der Waals surface area contributed by atoms with E-state index in [1.165, 1.54) is 0 Å². The highest BCUT2D eigenvalue weighted by molar-refractivity contribution is 5.76. The van der Waals surface area contributed by atoms with Crippen molar-refractivity contribution in [2.75, 3.05) is 32.9 Å². The molecule has 2 fully saturated rings. The number of rotatable bonds is 6. The van der Waals surface area contributed by atoms with Gasteiger partial charge < -0.3 is 14.4 Å². The highest BCUT2D eigenvalue weighted by Crippen LogP contribution is 2.20. The topological polar surface area (TPSA) is 69.5 Å². The molecule has 122 valence electrons. The van der Waals surface area contributed by atoms with E-state index in [0.29, 0.717) is 26.2 Å². The molecule has 1 amide bonds. The van der Waals surface area contributed by atoms with E-state index in [2.05, 4.69) is 10.1 Å². The number of hydrogen-bond acceptors (Lipinski definition) is 5. The molecule has 3 heterocycles. The fourth-order valence-corrected chi connectivity index (χ4v) is 3.11. The van der Waals surface area contributed by atoms with Gasteiger partial charge in [0.2, 0.25) is 5.91 Å². The zero-order valence-electron chi connectivity index (χ0n) is 12.9. The van der Waals surface area contributed by atoms with Crippen LogP contribution in [0.4, 0.5) is 0 Å². The first-order valence-corrected chi connectivity index (χ1v) is 8.14. The average Bonchev–Trinajstić information content (AvgIpc) is 3.24. The molecule has 0 radical (unpaired) electrons. The molecule has 7 heteroatoms. The van der Waals surface area contributed by atoms with Gasteiger partial charge in [0.05, 0.1) is 31.8 Å². The Morgan fingerprint density at radius 2 is 2.32 bits per heavy atom. The standard InChI is InChI=1S/C15H24N4O3/c20-15(5-8-21-10-14-4-2-7-22-14)18-6-1-3-13(9-18)19-12-16-11-17-19/h11-14H,1-10H2/t13-,14-/m1/s1. The van der Waals surface area contributed by atoms with Gasteiger partial charge in [-0.25, -0.2) is 9.67 Å². The Kier molecular flexibility index (Phi) is 5.39. The molecule has 7 nitrogen and oxygen atoms in total. The van der Waals surface area contributed by atoms with E-state index in [-0.39, 0.29) is 18.1 Å². The van der Waals surface area contributed by atoms with Crippen molar-refractivity contribution >= 4 is 5.91 Å². The number of carbonyl (C=O) groups is 1. The van der Waals surface area contributed by atoms with Gasteiger partial charge in [-0.3, -0.25) is 4.79 Å². The highest BCUT2D eigenvalue weighted by Gasteiger charge is 2.25. The SMILES string of the molecule is O=C(CCOC[C@H]1CCCO1)N1CCC[C@@H](n2cncn2)C1. The fourth-order valence-electron chi connectivity index (χ4n) is 3.11. The maximum absolute atomic E-state index is 12.3. The van der Waals surface area contributed by atoms with Crippen molar-refractivity contribution in [1.29, 1.82) is 0 Å². The molecule has 3 rings (SSSR count). The van der Waals surface area contributed by atoms with Crippen LogP contribution in [-0.2, 0) is 14.3 Å². The predicted octanol–water partition coefficient (Wildman–Crippen LogP) is 1.03. The van der Waals surface area contributed by atoms with Crippen molar-refractivity contribution < 1.29 is 14.3 Å². The lowest BCUT2D eigenvalue weighted by Crippen LogP contribution is -2.41. The van der Waals surface area contributed by atoms with Crippen molar-refractivity contribution in [3.8, 4) is 0 Å². The van der Waals surface area contributed by atoms with Crippen LogP contribution in [0.3, 0.4) is 0 Å². The lowest BCUT2D eigenvalue weighted by Gasteiger charge is -2.32. The molecule has 1 aromatic rings. The summed E-state index contributed by atoms with van der Waals surface area (Å²) in [4.78, 5) is 18.2. The van der Waals surface area contributed by atoms with Gasteiger partial charge in [-0.05, 0) is 25.7 Å². The Hall–Kier alpha value is -1.47. The summed E-state index contributed by atoms with van der Waals surface area (Å²) in [6, 6.07) is 0.244. The Labute approximate surface area is 130 Å². The van der Waals surface area contributed by atoms with Gasteiger partial charge in [0, 0.05) is 19.7 Å². The molecule has 0 unspecified atom stereocenters. The fraction of sp³-hybridized carbons (Fsp3) is 0.800. The first kappa shape index (κ1) is 15.4. The van der Waals surface area contributed by atoms with Crippen LogP contribution in [0, 0.1) is 0 Å². The van der Waals surface area contributed by atoms with E-state index >= 15 is 0 Å². The number of nitrogens with zero attached hydrogens (tertiary/aromatic N) is 4. The minimum atomic E-state index is 0.164. The van der Waals surface area contributed by atoms with Crippen LogP contribution in [0.2, 0.25) is 0 Å². The summed E-state index contributed by atoms with van der Waals surface area (Å²) >= 11 is 0. The largest absolute Gasteiger partial charge is 0.378 e. The molecule has 2 aliphatic rings. The van der Waals surface area contributed by atoms with E-state index in [9.17, 15) is 4.79 Å². The lowest BCUT2D eigenvalue weighted by atomic mass is 10.1. The number of carbonyl (C=O) groups excluding carboxylic acids is 1. The van der Waals surface area contributed by atoms with Gasteiger partial charge in [0.1, 0.15) is 12.7 Å². The molecule has 0 spiro atoms. The highest BCUT2D eigenvalue weighted by atomic mass is 16.5. The Morgan fingerprint density at radius 1 is 1.36 bits per heavy atom. The van der Waals surface area contributed by atoms with E-state index in [0.717, 1.165) is 38.8 Å². The summed E-state index contributed by atoms with van der Waals surface area (Å²) in [5.74, 6) is 0.164. The molecule has 0 bridgehead atoms. The smallest absolute Gasteiger partial charge is 0.224 e. The summed E-state index contributed by atoms with van der Waals surface area (Å²) in [7, 11) is 0. The van der Waals surface area contributed by atoms with Crippen LogP contribution in [0.1, 0.15) is 38.1 Å². The Balaban J connectivity index is 1.37. The van der Waals surface area contributed by atoms with Crippen molar-refractivity contribution in [3.05, 3.63) is 12.7 Å². The average molecular weight is 308 g/mol. The molecule has 2 atom stereocenters. The van der Waals surface area contributed by atoms with Crippen LogP contribution in [0.25, 0.3) is 0 Å². The van der Waals surface area contributed by atoms with Crippen molar-refractivity contribution in [1.82, 2.24) is 19.7 Å². The summed E-state index contributed by atoms with van der Waals surface area (Å²) in [5.41, 5.74) is 0. The monoisotopic (exact) mass is 308 g/mol. The predicted molar refractivity (Wildman–Crippen MR) is 79.3 cm³/mol. The maximum atomic E-state index is 12.3. The quantitative estimate of drug-likeness (QED) is 0.734. The van der Waals surface area contributed by atoms with Crippen LogP contribution < -0.4 is 0 Å². The molecule has 0 N–H and O–H groups in total.